The minimum Gasteiger partial charge on any atom is -0.383 e. The molecule has 24 heavy (non-hydrogen) atoms. The Morgan fingerprint density at radius 2 is 1.96 bits per heavy atom. The fraction of sp³-hybridized carbons (Fsp3) is 0.444. The number of rotatable bonds is 6. The van der Waals surface area contributed by atoms with Crippen LogP contribution in [0.25, 0.3) is 10.9 Å². The first kappa shape index (κ1) is 18.0. The summed E-state index contributed by atoms with van der Waals surface area (Å²) in [6.07, 6.45) is 0.450. The van der Waals surface area contributed by atoms with E-state index < -0.39 is 0 Å². The van der Waals surface area contributed by atoms with Gasteiger partial charge in [-0.15, -0.1) is 0 Å². The lowest BCUT2D eigenvalue weighted by Gasteiger charge is -2.17. The molecule has 0 spiro atoms. The maximum atomic E-state index is 12.0. The predicted octanol–water partition coefficient (Wildman–Crippen LogP) is 2.92. The summed E-state index contributed by atoms with van der Waals surface area (Å²) >= 11 is 0. The van der Waals surface area contributed by atoms with Crippen molar-refractivity contribution in [3.05, 3.63) is 30.0 Å². The van der Waals surface area contributed by atoms with Gasteiger partial charge < -0.3 is 20.4 Å². The number of hydrogen-bond acceptors (Lipinski definition) is 3. The van der Waals surface area contributed by atoms with E-state index >= 15 is 0 Å². The van der Waals surface area contributed by atoms with Gasteiger partial charge in [-0.2, -0.15) is 0 Å². The van der Waals surface area contributed by atoms with Crippen molar-refractivity contribution in [2.24, 2.45) is 5.41 Å². The number of carbonyl (C=O) groups is 2. The van der Waals surface area contributed by atoms with Crippen LogP contribution in [0.3, 0.4) is 0 Å². The monoisotopic (exact) mass is 331 g/mol. The maximum absolute atomic E-state index is 12.0. The van der Waals surface area contributed by atoms with Gasteiger partial charge >= 0.3 is 0 Å². The first-order valence-corrected chi connectivity index (χ1v) is 7.98. The Balaban J connectivity index is 2.08. The van der Waals surface area contributed by atoms with Gasteiger partial charge in [-0.3, -0.25) is 9.59 Å². The molecule has 1 heterocycles. The molecule has 0 atom stereocenters. The summed E-state index contributed by atoms with van der Waals surface area (Å²) < 4.78 is 4.91. The van der Waals surface area contributed by atoms with Crippen molar-refractivity contribution in [2.75, 3.05) is 25.6 Å². The summed E-state index contributed by atoms with van der Waals surface area (Å²) in [6.45, 7) is 7.00. The van der Waals surface area contributed by atoms with Gasteiger partial charge in [-0.05, 0) is 29.7 Å². The van der Waals surface area contributed by atoms with Gasteiger partial charge in [0.25, 0.3) is 5.91 Å². The number of benzene rings is 1. The molecule has 0 bridgehead atoms. The van der Waals surface area contributed by atoms with Gasteiger partial charge in [0, 0.05) is 36.7 Å². The van der Waals surface area contributed by atoms with Gasteiger partial charge in [-0.1, -0.05) is 20.8 Å². The van der Waals surface area contributed by atoms with E-state index in [1.54, 1.807) is 13.2 Å². The van der Waals surface area contributed by atoms with Crippen molar-refractivity contribution >= 4 is 28.4 Å². The Hall–Kier alpha value is -2.34. The molecule has 130 valence electrons. The number of carbonyl (C=O) groups excluding carboxylic acids is 2. The van der Waals surface area contributed by atoms with E-state index in [0.717, 1.165) is 16.6 Å². The van der Waals surface area contributed by atoms with Crippen molar-refractivity contribution in [3.63, 3.8) is 0 Å². The highest BCUT2D eigenvalue weighted by molar-refractivity contribution is 5.99. The van der Waals surface area contributed by atoms with Crippen molar-refractivity contribution in [1.82, 2.24) is 10.3 Å². The lowest BCUT2D eigenvalue weighted by Crippen LogP contribution is -2.27. The number of aromatic nitrogens is 1. The van der Waals surface area contributed by atoms with E-state index in [-0.39, 0.29) is 17.2 Å². The molecule has 3 N–H and O–H groups in total. The minimum atomic E-state index is -0.179. The first-order valence-electron chi connectivity index (χ1n) is 7.98. The van der Waals surface area contributed by atoms with Crippen molar-refractivity contribution in [2.45, 2.75) is 27.2 Å². The van der Waals surface area contributed by atoms with Crippen LogP contribution in [0, 0.1) is 5.41 Å². The van der Waals surface area contributed by atoms with Crippen LogP contribution >= 0.6 is 0 Å². The number of amides is 2. The van der Waals surface area contributed by atoms with Gasteiger partial charge in [0.1, 0.15) is 5.69 Å². The fourth-order valence-corrected chi connectivity index (χ4v) is 2.38. The second-order valence-electron chi connectivity index (χ2n) is 7.02. The van der Waals surface area contributed by atoms with Crippen LogP contribution in [0.1, 0.15) is 37.7 Å². The summed E-state index contributed by atoms with van der Waals surface area (Å²) in [5.41, 5.74) is 2.00. The highest BCUT2D eigenvalue weighted by Crippen LogP contribution is 2.22. The van der Waals surface area contributed by atoms with E-state index in [1.165, 1.54) is 0 Å². The molecule has 0 aliphatic rings. The Kier molecular flexibility index (Phi) is 5.62. The van der Waals surface area contributed by atoms with E-state index in [9.17, 15) is 9.59 Å². The molecule has 0 radical (unpaired) electrons. The molecule has 0 fully saturated rings. The topological polar surface area (TPSA) is 83.2 Å². The van der Waals surface area contributed by atoms with Gasteiger partial charge in [-0.25, -0.2) is 0 Å². The zero-order valence-corrected chi connectivity index (χ0v) is 14.7. The van der Waals surface area contributed by atoms with Crippen LogP contribution in [0.5, 0.6) is 0 Å². The summed E-state index contributed by atoms with van der Waals surface area (Å²) in [7, 11) is 1.59. The van der Waals surface area contributed by atoms with Crippen molar-refractivity contribution < 1.29 is 14.3 Å². The molecule has 1 aromatic heterocycles. The van der Waals surface area contributed by atoms with Crippen LogP contribution in [0.2, 0.25) is 0 Å². The van der Waals surface area contributed by atoms with Crippen LogP contribution < -0.4 is 10.6 Å². The number of hydrogen-bond donors (Lipinski definition) is 3. The van der Waals surface area contributed by atoms with Crippen molar-refractivity contribution in [1.29, 1.82) is 0 Å². The van der Waals surface area contributed by atoms with Crippen LogP contribution in [0.15, 0.2) is 24.3 Å². The lowest BCUT2D eigenvalue weighted by molar-refractivity contribution is -0.117. The number of aromatic amines is 1. The standard InChI is InChI=1S/C18H25N3O3/c1-18(2,3)11-16(22)20-13-5-6-14-12(9-13)10-15(21-14)17(23)19-7-8-24-4/h5-6,9-10,21H,7-8,11H2,1-4H3,(H,19,23)(H,20,22). The molecule has 0 saturated carbocycles. The van der Waals surface area contributed by atoms with E-state index in [1.807, 2.05) is 39.0 Å². The van der Waals surface area contributed by atoms with Crippen LogP contribution in [-0.2, 0) is 9.53 Å². The lowest BCUT2D eigenvalue weighted by atomic mass is 9.92. The summed E-state index contributed by atoms with van der Waals surface area (Å²) in [6, 6.07) is 7.31. The first-order chi connectivity index (χ1) is 11.3. The van der Waals surface area contributed by atoms with E-state index in [4.69, 9.17) is 4.74 Å². The molecule has 2 amide bonds. The molecule has 2 rings (SSSR count). The minimum absolute atomic E-state index is 0.0186. The average molecular weight is 331 g/mol. The molecule has 0 saturated heterocycles. The molecule has 1 aromatic carbocycles. The zero-order chi connectivity index (χ0) is 17.7. The summed E-state index contributed by atoms with van der Waals surface area (Å²) in [4.78, 5) is 27.1. The molecule has 0 aliphatic heterocycles. The molecular formula is C18H25N3O3. The molecular weight excluding hydrogens is 306 g/mol. The smallest absolute Gasteiger partial charge is 0.267 e. The second-order valence-corrected chi connectivity index (χ2v) is 7.02. The van der Waals surface area contributed by atoms with Crippen LogP contribution in [-0.4, -0.2) is 37.1 Å². The largest absolute Gasteiger partial charge is 0.383 e. The number of nitrogens with one attached hydrogen (secondary N) is 3. The quantitative estimate of drug-likeness (QED) is 0.712. The Labute approximate surface area is 142 Å². The third-order valence-electron chi connectivity index (χ3n) is 3.43. The SMILES string of the molecule is COCCNC(=O)c1cc2cc(NC(=O)CC(C)(C)C)ccc2[nH]1. The third kappa shape index (κ3) is 5.09. The summed E-state index contributed by atoms with van der Waals surface area (Å²) in [5, 5.41) is 6.54. The molecule has 0 aliphatic carbocycles. The van der Waals surface area contributed by atoms with E-state index in [2.05, 4.69) is 15.6 Å². The number of ether oxygens (including phenoxy) is 1. The normalized spacial score (nSPS) is 11.5. The highest BCUT2D eigenvalue weighted by Gasteiger charge is 2.16. The number of fused-ring (bicyclic) bond motifs is 1. The Morgan fingerprint density at radius 3 is 2.62 bits per heavy atom. The Morgan fingerprint density at radius 1 is 1.21 bits per heavy atom. The van der Waals surface area contributed by atoms with Gasteiger partial charge in [0.15, 0.2) is 0 Å². The molecule has 6 heteroatoms. The van der Waals surface area contributed by atoms with Crippen molar-refractivity contribution in [3.8, 4) is 0 Å². The fourth-order valence-electron chi connectivity index (χ4n) is 2.38. The van der Waals surface area contributed by atoms with Crippen LogP contribution in [0.4, 0.5) is 5.69 Å². The predicted molar refractivity (Wildman–Crippen MR) is 95.2 cm³/mol. The number of H-pyrrole nitrogens is 1. The number of anilines is 1. The average Bonchev–Trinajstić information content (AvgIpc) is 2.88. The molecule has 0 unspecified atom stereocenters. The maximum Gasteiger partial charge on any atom is 0.267 e. The van der Waals surface area contributed by atoms with Gasteiger partial charge in [0.2, 0.25) is 5.91 Å². The third-order valence-corrected chi connectivity index (χ3v) is 3.43. The molecule has 6 nitrogen and oxygen atoms in total. The summed E-state index contributed by atoms with van der Waals surface area (Å²) in [5.74, 6) is -0.198. The second kappa shape index (κ2) is 7.49. The zero-order valence-electron chi connectivity index (χ0n) is 14.7. The van der Waals surface area contributed by atoms with Gasteiger partial charge in [0.05, 0.1) is 6.61 Å². The Bertz CT molecular complexity index is 729. The molecule has 2 aromatic rings. The highest BCUT2D eigenvalue weighted by atomic mass is 16.5. The van der Waals surface area contributed by atoms with E-state index in [0.29, 0.717) is 25.3 Å². The number of methoxy groups -OCH3 is 1.